The summed E-state index contributed by atoms with van der Waals surface area (Å²) in [6.07, 6.45) is 2.48. The number of ether oxygens (including phenoxy) is 1. The minimum absolute atomic E-state index is 0.0314. The van der Waals surface area contributed by atoms with E-state index in [2.05, 4.69) is 5.32 Å². The van der Waals surface area contributed by atoms with E-state index in [4.69, 9.17) is 9.88 Å². The standard InChI is InChI=1S/C13H16N2O4S/c14-20(17,18)9-3-4-12-10(7-9)11(5-6-19-12)15-13(16)8-1-2-8/h3-4,7-8,11H,1-2,5-6H2,(H,15,16)(H2,14,17,18). The number of carbonyl (C=O) groups is 1. The molecule has 1 saturated carbocycles. The molecule has 3 N–H and O–H groups in total. The number of amides is 1. The average molecular weight is 296 g/mol. The molecule has 108 valence electrons. The molecule has 20 heavy (non-hydrogen) atoms. The van der Waals surface area contributed by atoms with Crippen LogP contribution in [0.25, 0.3) is 0 Å². The van der Waals surface area contributed by atoms with E-state index in [1.54, 1.807) is 6.07 Å². The van der Waals surface area contributed by atoms with Crippen LogP contribution in [0, 0.1) is 5.92 Å². The molecule has 1 amide bonds. The summed E-state index contributed by atoms with van der Waals surface area (Å²) < 4.78 is 28.3. The molecule has 0 bridgehead atoms. The van der Waals surface area contributed by atoms with Gasteiger partial charge in [-0.1, -0.05) is 0 Å². The van der Waals surface area contributed by atoms with Crippen molar-refractivity contribution in [1.82, 2.24) is 5.32 Å². The Balaban J connectivity index is 1.91. The van der Waals surface area contributed by atoms with Crippen LogP contribution in [-0.4, -0.2) is 20.9 Å². The van der Waals surface area contributed by atoms with E-state index < -0.39 is 10.0 Å². The van der Waals surface area contributed by atoms with Crippen LogP contribution in [0.5, 0.6) is 5.75 Å². The third-order valence-electron chi connectivity index (χ3n) is 3.61. The lowest BCUT2D eigenvalue weighted by Gasteiger charge is -2.27. The van der Waals surface area contributed by atoms with E-state index in [0.29, 0.717) is 24.3 Å². The van der Waals surface area contributed by atoms with Crippen molar-refractivity contribution in [2.24, 2.45) is 11.1 Å². The molecule has 1 aliphatic carbocycles. The van der Waals surface area contributed by atoms with Crippen LogP contribution in [0.3, 0.4) is 0 Å². The Kier molecular flexibility index (Phi) is 3.18. The van der Waals surface area contributed by atoms with Gasteiger partial charge < -0.3 is 10.1 Å². The summed E-state index contributed by atoms with van der Waals surface area (Å²) in [6.45, 7) is 0.497. The SMILES string of the molecule is NS(=O)(=O)c1ccc2c(c1)C(NC(=O)C1CC1)CCO2. The van der Waals surface area contributed by atoms with Crippen molar-refractivity contribution in [2.75, 3.05) is 6.61 Å². The molecule has 0 saturated heterocycles. The van der Waals surface area contributed by atoms with Crippen molar-refractivity contribution in [3.8, 4) is 5.75 Å². The van der Waals surface area contributed by atoms with E-state index in [0.717, 1.165) is 12.8 Å². The molecule has 3 rings (SSSR count). The van der Waals surface area contributed by atoms with Gasteiger partial charge in [0.1, 0.15) is 5.75 Å². The average Bonchev–Trinajstić information content (AvgIpc) is 3.21. The number of hydrogen-bond acceptors (Lipinski definition) is 4. The Morgan fingerprint density at radius 1 is 1.30 bits per heavy atom. The predicted molar refractivity (Wildman–Crippen MR) is 71.5 cm³/mol. The second kappa shape index (κ2) is 4.75. The van der Waals surface area contributed by atoms with Gasteiger partial charge in [0.25, 0.3) is 0 Å². The zero-order valence-corrected chi connectivity index (χ0v) is 11.7. The molecule has 1 aromatic carbocycles. The summed E-state index contributed by atoms with van der Waals surface area (Å²) in [5.41, 5.74) is 0.678. The highest BCUT2D eigenvalue weighted by Crippen LogP contribution is 2.35. The summed E-state index contributed by atoms with van der Waals surface area (Å²) in [5.74, 6) is 0.747. The van der Waals surface area contributed by atoms with E-state index in [-0.39, 0.29) is 22.8 Å². The molecule has 1 fully saturated rings. The van der Waals surface area contributed by atoms with E-state index in [1.807, 2.05) is 0 Å². The second-order valence-electron chi connectivity index (χ2n) is 5.22. The third kappa shape index (κ3) is 2.64. The molecule has 0 radical (unpaired) electrons. The lowest BCUT2D eigenvalue weighted by Crippen LogP contribution is -2.33. The molecule has 6 nitrogen and oxygen atoms in total. The van der Waals surface area contributed by atoms with Crippen LogP contribution in [0.15, 0.2) is 23.1 Å². The normalized spacial score (nSPS) is 21.8. The first kappa shape index (κ1) is 13.4. The first-order chi connectivity index (χ1) is 9.45. The largest absolute Gasteiger partial charge is 0.493 e. The summed E-state index contributed by atoms with van der Waals surface area (Å²) in [5, 5.41) is 8.10. The van der Waals surface area contributed by atoms with Crippen LogP contribution in [-0.2, 0) is 14.8 Å². The molecule has 1 atom stereocenters. The fourth-order valence-corrected chi connectivity index (χ4v) is 2.88. The Morgan fingerprint density at radius 3 is 2.70 bits per heavy atom. The summed E-state index contributed by atoms with van der Waals surface area (Å²) >= 11 is 0. The number of primary sulfonamides is 1. The monoisotopic (exact) mass is 296 g/mol. The molecular weight excluding hydrogens is 280 g/mol. The highest BCUT2D eigenvalue weighted by molar-refractivity contribution is 7.89. The highest BCUT2D eigenvalue weighted by atomic mass is 32.2. The molecule has 0 aromatic heterocycles. The highest BCUT2D eigenvalue weighted by Gasteiger charge is 2.33. The Hall–Kier alpha value is -1.60. The van der Waals surface area contributed by atoms with Crippen LogP contribution in [0.1, 0.15) is 30.9 Å². The maximum Gasteiger partial charge on any atom is 0.238 e. The maximum absolute atomic E-state index is 11.9. The van der Waals surface area contributed by atoms with Gasteiger partial charge in [0.15, 0.2) is 0 Å². The molecule has 1 aromatic rings. The number of nitrogens with two attached hydrogens (primary N) is 1. The number of benzene rings is 1. The fraction of sp³-hybridized carbons (Fsp3) is 0.462. The first-order valence-corrected chi connectivity index (χ1v) is 8.10. The number of fused-ring (bicyclic) bond motifs is 1. The number of carbonyl (C=O) groups excluding carboxylic acids is 1. The number of rotatable bonds is 3. The van der Waals surface area contributed by atoms with E-state index >= 15 is 0 Å². The fourth-order valence-electron chi connectivity index (χ4n) is 2.33. The Bertz CT molecular complexity index is 652. The lowest BCUT2D eigenvalue weighted by molar-refractivity contribution is -0.123. The first-order valence-electron chi connectivity index (χ1n) is 6.55. The van der Waals surface area contributed by atoms with Crippen molar-refractivity contribution < 1.29 is 17.9 Å². The predicted octanol–water partition coefficient (Wildman–Crippen LogP) is 0.684. The number of sulfonamides is 1. The molecular formula is C13H16N2O4S. The van der Waals surface area contributed by atoms with Crippen LogP contribution >= 0.6 is 0 Å². The van der Waals surface area contributed by atoms with Crippen LogP contribution in [0.2, 0.25) is 0 Å². The molecule has 1 heterocycles. The lowest BCUT2D eigenvalue weighted by atomic mass is 10.0. The summed E-state index contributed by atoms with van der Waals surface area (Å²) in [6, 6.07) is 4.28. The topological polar surface area (TPSA) is 98.5 Å². The van der Waals surface area contributed by atoms with Crippen molar-refractivity contribution in [1.29, 1.82) is 0 Å². The van der Waals surface area contributed by atoms with Crippen LogP contribution in [0.4, 0.5) is 0 Å². The van der Waals surface area contributed by atoms with Gasteiger partial charge in [0, 0.05) is 17.9 Å². The second-order valence-corrected chi connectivity index (χ2v) is 6.78. The van der Waals surface area contributed by atoms with Gasteiger partial charge in [-0.3, -0.25) is 4.79 Å². The maximum atomic E-state index is 11.9. The molecule has 7 heteroatoms. The van der Waals surface area contributed by atoms with Crippen LogP contribution < -0.4 is 15.2 Å². The quantitative estimate of drug-likeness (QED) is 0.857. The van der Waals surface area contributed by atoms with Gasteiger partial charge in [-0.05, 0) is 31.0 Å². The van der Waals surface area contributed by atoms with Crippen molar-refractivity contribution in [3.63, 3.8) is 0 Å². The van der Waals surface area contributed by atoms with Gasteiger partial charge in [-0.25, -0.2) is 13.6 Å². The zero-order chi connectivity index (χ0) is 14.3. The van der Waals surface area contributed by atoms with Crippen molar-refractivity contribution in [3.05, 3.63) is 23.8 Å². The van der Waals surface area contributed by atoms with Gasteiger partial charge in [0.2, 0.25) is 15.9 Å². The van der Waals surface area contributed by atoms with Crippen molar-refractivity contribution in [2.45, 2.75) is 30.2 Å². The van der Waals surface area contributed by atoms with Crippen molar-refractivity contribution >= 4 is 15.9 Å². The Labute approximate surface area is 117 Å². The van der Waals surface area contributed by atoms with E-state index in [1.165, 1.54) is 12.1 Å². The minimum atomic E-state index is -3.76. The number of nitrogens with one attached hydrogen (secondary N) is 1. The van der Waals surface area contributed by atoms with Gasteiger partial charge in [0.05, 0.1) is 17.5 Å². The number of hydrogen-bond donors (Lipinski definition) is 2. The Morgan fingerprint density at radius 2 is 2.05 bits per heavy atom. The van der Waals surface area contributed by atoms with Gasteiger partial charge in [-0.15, -0.1) is 0 Å². The smallest absolute Gasteiger partial charge is 0.238 e. The van der Waals surface area contributed by atoms with Gasteiger partial charge >= 0.3 is 0 Å². The van der Waals surface area contributed by atoms with E-state index in [9.17, 15) is 13.2 Å². The molecule has 1 unspecified atom stereocenters. The molecule has 0 spiro atoms. The van der Waals surface area contributed by atoms with Gasteiger partial charge in [-0.2, -0.15) is 0 Å². The third-order valence-corrected chi connectivity index (χ3v) is 4.52. The minimum Gasteiger partial charge on any atom is -0.493 e. The summed E-state index contributed by atoms with van der Waals surface area (Å²) in [7, 11) is -3.76. The summed E-state index contributed by atoms with van der Waals surface area (Å²) in [4.78, 5) is 11.9. The zero-order valence-electron chi connectivity index (χ0n) is 10.8. The molecule has 2 aliphatic rings. The molecule has 1 aliphatic heterocycles.